The zero-order chi connectivity index (χ0) is 14.8. The van der Waals surface area contributed by atoms with Gasteiger partial charge in [-0.05, 0) is 19.5 Å². The zero-order valence-electron chi connectivity index (χ0n) is 12.0. The van der Waals surface area contributed by atoms with Gasteiger partial charge in [-0.15, -0.1) is 0 Å². The molecule has 0 saturated carbocycles. The third kappa shape index (κ3) is 2.81. The van der Waals surface area contributed by atoms with Gasteiger partial charge in [-0.25, -0.2) is 8.78 Å². The van der Waals surface area contributed by atoms with Crippen molar-refractivity contribution in [1.29, 1.82) is 0 Å². The van der Waals surface area contributed by atoms with Gasteiger partial charge in [0.05, 0.1) is 12.7 Å². The maximum absolute atomic E-state index is 13.7. The largest absolute Gasteiger partial charge is 0.488 e. The Morgan fingerprint density at radius 2 is 2.29 bits per heavy atom. The number of hydrogen-bond donors (Lipinski definition) is 2. The second-order valence-corrected chi connectivity index (χ2v) is 5.37. The molecule has 2 aliphatic rings. The van der Waals surface area contributed by atoms with Gasteiger partial charge in [0.25, 0.3) is 0 Å². The molecular weight excluding hydrogens is 276 g/mol. The first-order chi connectivity index (χ1) is 10.2. The second-order valence-electron chi connectivity index (χ2n) is 5.37. The number of ether oxygens (including phenoxy) is 1. The van der Waals surface area contributed by atoms with Crippen LogP contribution in [0.15, 0.2) is 24.0 Å². The van der Waals surface area contributed by atoms with E-state index in [9.17, 15) is 8.78 Å². The van der Waals surface area contributed by atoms with Crippen LogP contribution in [0.2, 0.25) is 0 Å². The molecule has 0 amide bonds. The van der Waals surface area contributed by atoms with Crippen molar-refractivity contribution in [1.82, 2.24) is 15.5 Å². The Kier molecular flexibility index (Phi) is 3.96. The quantitative estimate of drug-likeness (QED) is 0.884. The summed E-state index contributed by atoms with van der Waals surface area (Å²) in [5.41, 5.74) is 1.79. The summed E-state index contributed by atoms with van der Waals surface area (Å²) in [6, 6.07) is 2.33. The molecule has 21 heavy (non-hydrogen) atoms. The van der Waals surface area contributed by atoms with Gasteiger partial charge < -0.3 is 20.3 Å². The predicted molar refractivity (Wildman–Crippen MR) is 75.8 cm³/mol. The molecule has 1 aromatic carbocycles. The SMILES string of the molecule is CNCCC1=CNCN1C1COc2c(F)cc(F)cc2C1. The molecule has 1 aromatic rings. The van der Waals surface area contributed by atoms with E-state index < -0.39 is 11.6 Å². The first-order valence-electron chi connectivity index (χ1n) is 7.13. The van der Waals surface area contributed by atoms with Crippen LogP contribution in [0.25, 0.3) is 0 Å². The van der Waals surface area contributed by atoms with Crippen LogP contribution in [0.4, 0.5) is 8.78 Å². The molecule has 114 valence electrons. The van der Waals surface area contributed by atoms with E-state index in [4.69, 9.17) is 4.74 Å². The monoisotopic (exact) mass is 295 g/mol. The van der Waals surface area contributed by atoms with E-state index in [1.165, 1.54) is 11.8 Å². The average Bonchev–Trinajstić information content (AvgIpc) is 2.92. The molecule has 1 atom stereocenters. The Hall–Kier alpha value is -1.82. The average molecular weight is 295 g/mol. The summed E-state index contributed by atoms with van der Waals surface area (Å²) in [5.74, 6) is -0.976. The summed E-state index contributed by atoms with van der Waals surface area (Å²) in [6.45, 7) is 2.01. The van der Waals surface area contributed by atoms with Gasteiger partial charge in [0, 0.05) is 36.5 Å². The Bertz CT molecular complexity index is 562. The summed E-state index contributed by atoms with van der Waals surface area (Å²) in [4.78, 5) is 2.21. The van der Waals surface area contributed by atoms with Gasteiger partial charge in [-0.3, -0.25) is 0 Å². The number of nitrogens with zero attached hydrogens (tertiary/aromatic N) is 1. The number of fused-ring (bicyclic) bond motifs is 1. The van der Waals surface area contributed by atoms with Gasteiger partial charge in [-0.1, -0.05) is 0 Å². The normalized spacial score (nSPS) is 20.6. The summed E-state index contributed by atoms with van der Waals surface area (Å²) >= 11 is 0. The molecule has 0 fully saturated rings. The summed E-state index contributed by atoms with van der Waals surface area (Å²) < 4.78 is 32.6. The van der Waals surface area contributed by atoms with Gasteiger partial charge in [0.2, 0.25) is 0 Å². The van der Waals surface area contributed by atoms with Crippen molar-refractivity contribution in [2.45, 2.75) is 18.9 Å². The highest BCUT2D eigenvalue weighted by molar-refractivity contribution is 5.38. The van der Waals surface area contributed by atoms with Crippen molar-refractivity contribution in [2.75, 3.05) is 26.9 Å². The van der Waals surface area contributed by atoms with Gasteiger partial charge in [-0.2, -0.15) is 0 Å². The molecule has 1 unspecified atom stereocenters. The second kappa shape index (κ2) is 5.89. The van der Waals surface area contributed by atoms with Crippen LogP contribution in [-0.2, 0) is 6.42 Å². The van der Waals surface area contributed by atoms with Crippen LogP contribution in [0.5, 0.6) is 5.75 Å². The third-order valence-corrected chi connectivity index (χ3v) is 3.93. The number of rotatable bonds is 4. The highest BCUT2D eigenvalue weighted by Crippen LogP contribution is 2.32. The smallest absolute Gasteiger partial charge is 0.168 e. The summed E-state index contributed by atoms with van der Waals surface area (Å²) in [5, 5.41) is 6.33. The Balaban J connectivity index is 1.75. The van der Waals surface area contributed by atoms with Gasteiger partial charge in [0.15, 0.2) is 11.6 Å². The van der Waals surface area contributed by atoms with E-state index in [1.54, 1.807) is 0 Å². The molecular formula is C15H19F2N3O. The van der Waals surface area contributed by atoms with Crippen molar-refractivity contribution >= 4 is 0 Å². The summed E-state index contributed by atoms with van der Waals surface area (Å²) in [7, 11) is 1.92. The third-order valence-electron chi connectivity index (χ3n) is 3.93. The molecule has 0 aromatic heterocycles. The van der Waals surface area contributed by atoms with E-state index in [-0.39, 0.29) is 11.8 Å². The van der Waals surface area contributed by atoms with E-state index in [0.29, 0.717) is 25.3 Å². The minimum atomic E-state index is -0.617. The van der Waals surface area contributed by atoms with Crippen molar-refractivity contribution in [3.05, 3.63) is 41.2 Å². The molecule has 2 aliphatic heterocycles. The molecule has 0 bridgehead atoms. The lowest BCUT2D eigenvalue weighted by Gasteiger charge is -2.35. The Labute approximate surface area is 122 Å². The first-order valence-corrected chi connectivity index (χ1v) is 7.13. The minimum Gasteiger partial charge on any atom is -0.488 e. The Morgan fingerprint density at radius 1 is 1.43 bits per heavy atom. The molecule has 2 N–H and O–H groups in total. The van der Waals surface area contributed by atoms with Crippen LogP contribution in [0.1, 0.15) is 12.0 Å². The lowest BCUT2D eigenvalue weighted by molar-refractivity contribution is 0.146. The topological polar surface area (TPSA) is 36.5 Å². The molecule has 0 aliphatic carbocycles. The van der Waals surface area contributed by atoms with Crippen LogP contribution in [-0.4, -0.2) is 37.8 Å². The molecule has 6 heteroatoms. The fourth-order valence-corrected chi connectivity index (χ4v) is 2.90. The highest BCUT2D eigenvalue weighted by Gasteiger charge is 2.30. The first kappa shape index (κ1) is 14.1. The van der Waals surface area contributed by atoms with Crippen LogP contribution >= 0.6 is 0 Å². The van der Waals surface area contributed by atoms with E-state index in [0.717, 1.165) is 19.0 Å². The van der Waals surface area contributed by atoms with E-state index >= 15 is 0 Å². The van der Waals surface area contributed by atoms with Crippen molar-refractivity contribution < 1.29 is 13.5 Å². The molecule has 2 heterocycles. The fraction of sp³-hybridized carbons (Fsp3) is 0.467. The molecule has 3 rings (SSSR count). The zero-order valence-corrected chi connectivity index (χ0v) is 12.0. The Morgan fingerprint density at radius 3 is 3.10 bits per heavy atom. The van der Waals surface area contributed by atoms with Crippen LogP contribution in [0, 0.1) is 11.6 Å². The van der Waals surface area contributed by atoms with Crippen molar-refractivity contribution in [3.63, 3.8) is 0 Å². The van der Waals surface area contributed by atoms with Gasteiger partial charge >= 0.3 is 0 Å². The fourth-order valence-electron chi connectivity index (χ4n) is 2.90. The summed E-state index contributed by atoms with van der Waals surface area (Å²) in [6.07, 6.45) is 3.49. The van der Waals surface area contributed by atoms with E-state index in [2.05, 4.69) is 15.5 Å². The highest BCUT2D eigenvalue weighted by atomic mass is 19.1. The molecule has 0 saturated heterocycles. The van der Waals surface area contributed by atoms with Crippen LogP contribution in [0.3, 0.4) is 0 Å². The minimum absolute atomic E-state index is 0.0943. The van der Waals surface area contributed by atoms with Gasteiger partial charge in [0.1, 0.15) is 12.4 Å². The molecule has 4 nitrogen and oxygen atoms in total. The number of benzene rings is 1. The predicted octanol–water partition coefficient (Wildman–Crippen LogP) is 1.58. The van der Waals surface area contributed by atoms with Crippen molar-refractivity contribution in [3.8, 4) is 5.75 Å². The van der Waals surface area contributed by atoms with Crippen molar-refractivity contribution in [2.24, 2.45) is 0 Å². The maximum atomic E-state index is 13.7. The number of nitrogens with one attached hydrogen (secondary N) is 2. The lowest BCUT2D eigenvalue weighted by atomic mass is 10.0. The standard InChI is InChI=1S/C15H19F2N3O/c1-18-3-2-12-7-19-9-20(12)13-5-10-4-11(16)6-14(17)15(10)21-8-13/h4,6-7,13,18-19H,2-3,5,8-9H2,1H3. The van der Waals surface area contributed by atoms with E-state index in [1.807, 2.05) is 13.2 Å². The molecule has 0 spiro atoms. The number of halogens is 2. The number of hydrogen-bond acceptors (Lipinski definition) is 4. The lowest BCUT2D eigenvalue weighted by Crippen LogP contribution is -2.43. The maximum Gasteiger partial charge on any atom is 0.168 e. The van der Waals surface area contributed by atoms with Crippen LogP contribution < -0.4 is 15.4 Å². The molecule has 0 radical (unpaired) electrons.